The van der Waals surface area contributed by atoms with Gasteiger partial charge in [0.15, 0.2) is 0 Å². The molecule has 0 spiro atoms. The zero-order valence-electron chi connectivity index (χ0n) is 16.1. The molecule has 1 rings (SSSR count). The van der Waals surface area contributed by atoms with Gasteiger partial charge in [0.2, 0.25) is 0 Å². The van der Waals surface area contributed by atoms with E-state index in [2.05, 4.69) is 18.8 Å². The molecule has 1 aliphatic rings. The van der Waals surface area contributed by atoms with Crippen LogP contribution in [0.5, 0.6) is 0 Å². The molecule has 2 atom stereocenters. The first-order valence-electron chi connectivity index (χ1n) is 9.70. The summed E-state index contributed by atoms with van der Waals surface area (Å²) in [6.07, 6.45) is 13.6. The molecule has 1 aliphatic heterocycles. The molecule has 0 radical (unpaired) electrons. The lowest BCUT2D eigenvalue weighted by Gasteiger charge is -2.13. The second-order valence-corrected chi connectivity index (χ2v) is 6.60. The molecule has 1 heterocycles. The Balaban J connectivity index is 2.19. The maximum absolute atomic E-state index is 11.8. The van der Waals surface area contributed by atoms with E-state index in [1.165, 1.54) is 51.4 Å². The monoisotopic (exact) mass is 350 g/mol. The van der Waals surface area contributed by atoms with E-state index in [4.69, 9.17) is 14.2 Å². The fourth-order valence-corrected chi connectivity index (χ4v) is 2.90. The van der Waals surface area contributed by atoms with Crippen LogP contribution in [0.25, 0.3) is 0 Å². The zero-order chi connectivity index (χ0) is 18.3. The Kier molecular flexibility index (Phi) is 12.1. The number of hydrogen-bond donors (Lipinski definition) is 0. The van der Waals surface area contributed by atoms with E-state index in [-0.39, 0.29) is 18.9 Å². The fourth-order valence-electron chi connectivity index (χ4n) is 2.90. The Morgan fingerprint density at radius 2 is 1.72 bits per heavy atom. The lowest BCUT2D eigenvalue weighted by Crippen LogP contribution is -2.23. The summed E-state index contributed by atoms with van der Waals surface area (Å²) in [5, 5.41) is 0. The van der Waals surface area contributed by atoms with Crippen molar-refractivity contribution < 1.29 is 19.0 Å². The third-order valence-electron chi connectivity index (χ3n) is 4.36. The van der Waals surface area contributed by atoms with Crippen LogP contribution in [0.2, 0.25) is 0 Å². The Hall–Kier alpha value is -1.31. The van der Waals surface area contributed by atoms with Gasteiger partial charge in [-0.25, -0.2) is 4.79 Å². The molecule has 4 heteroatoms. The Morgan fingerprint density at radius 1 is 1.08 bits per heavy atom. The molecular weight excluding hydrogens is 316 g/mol. The summed E-state index contributed by atoms with van der Waals surface area (Å²) in [7, 11) is 1.55. The topological polar surface area (TPSA) is 44.8 Å². The molecule has 0 aromatic heterocycles. The van der Waals surface area contributed by atoms with Gasteiger partial charge in [0.05, 0.1) is 5.57 Å². The van der Waals surface area contributed by atoms with Crippen LogP contribution >= 0.6 is 0 Å². The van der Waals surface area contributed by atoms with E-state index < -0.39 is 6.10 Å². The van der Waals surface area contributed by atoms with Crippen molar-refractivity contribution in [2.24, 2.45) is 0 Å². The number of carbonyl (C=O) groups is 1. The number of carbonyl (C=O) groups excluding carboxylic acids is 1. The number of rotatable bonds is 12. The first-order chi connectivity index (χ1) is 12.2. The first kappa shape index (κ1) is 21.7. The Labute approximate surface area is 153 Å². The minimum Gasteiger partial charge on any atom is -0.456 e. The molecule has 142 valence electrons. The van der Waals surface area contributed by atoms with Gasteiger partial charge in [0, 0.05) is 19.6 Å². The molecule has 0 bridgehead atoms. The van der Waals surface area contributed by atoms with Crippen molar-refractivity contribution in [3.63, 3.8) is 0 Å². The van der Waals surface area contributed by atoms with Gasteiger partial charge in [-0.1, -0.05) is 70.1 Å². The number of unbranched alkanes of at least 4 members (excludes halogenated alkanes) is 9. The Morgan fingerprint density at radius 3 is 2.36 bits per heavy atom. The van der Waals surface area contributed by atoms with E-state index in [1.807, 2.05) is 6.92 Å². The van der Waals surface area contributed by atoms with Crippen LogP contribution in [-0.2, 0) is 19.0 Å². The van der Waals surface area contributed by atoms with Gasteiger partial charge in [-0.3, -0.25) is 0 Å². The summed E-state index contributed by atoms with van der Waals surface area (Å²) >= 11 is 0. The van der Waals surface area contributed by atoms with Crippen LogP contribution in [0.1, 0.15) is 78.1 Å². The van der Waals surface area contributed by atoms with E-state index in [0.717, 1.165) is 12.8 Å². The van der Waals surface area contributed by atoms with Crippen molar-refractivity contribution in [1.29, 1.82) is 0 Å². The molecule has 25 heavy (non-hydrogen) atoms. The fraction of sp³-hybridized carbons (Fsp3) is 0.762. The van der Waals surface area contributed by atoms with Crippen molar-refractivity contribution in [3.8, 4) is 11.8 Å². The predicted molar refractivity (Wildman–Crippen MR) is 100 cm³/mol. The minimum atomic E-state index is -0.394. The van der Waals surface area contributed by atoms with Crippen LogP contribution in [0, 0.1) is 11.8 Å². The van der Waals surface area contributed by atoms with E-state index in [9.17, 15) is 4.79 Å². The van der Waals surface area contributed by atoms with E-state index in [0.29, 0.717) is 5.57 Å². The number of hydrogen-bond acceptors (Lipinski definition) is 4. The van der Waals surface area contributed by atoms with E-state index >= 15 is 0 Å². The van der Waals surface area contributed by atoms with Crippen molar-refractivity contribution in [1.82, 2.24) is 0 Å². The molecule has 0 aromatic carbocycles. The summed E-state index contributed by atoms with van der Waals surface area (Å²) in [6.45, 7) is 4.20. The number of esters is 1. The van der Waals surface area contributed by atoms with Crippen LogP contribution in [0.3, 0.4) is 0 Å². The number of methoxy groups -OCH3 is 1. The van der Waals surface area contributed by atoms with Crippen molar-refractivity contribution in [3.05, 3.63) is 11.6 Å². The quantitative estimate of drug-likeness (QED) is 0.167. The smallest absolute Gasteiger partial charge is 0.337 e. The second kappa shape index (κ2) is 13.9. The number of allylic oxidation sites excluding steroid dienone is 1. The molecule has 0 unspecified atom stereocenters. The van der Waals surface area contributed by atoms with Crippen molar-refractivity contribution in [2.75, 3.05) is 13.9 Å². The van der Waals surface area contributed by atoms with Gasteiger partial charge < -0.3 is 14.2 Å². The predicted octanol–water partition coefficient (Wildman–Crippen LogP) is 4.77. The van der Waals surface area contributed by atoms with Gasteiger partial charge in [0.1, 0.15) is 19.0 Å². The summed E-state index contributed by atoms with van der Waals surface area (Å²) in [5.41, 5.74) is 0.490. The molecule has 0 aliphatic carbocycles. The SMILES string of the molecule is CCCCCCCCCCCC#C/C=C1/C(=O)O[C@@H](C)[C@@H]1OCOC. The minimum absolute atomic E-state index is 0.134. The molecule has 4 nitrogen and oxygen atoms in total. The van der Waals surface area contributed by atoms with Crippen LogP contribution in [0.15, 0.2) is 11.6 Å². The van der Waals surface area contributed by atoms with Crippen LogP contribution in [0.4, 0.5) is 0 Å². The maximum atomic E-state index is 11.8. The normalized spacial score (nSPS) is 21.2. The second-order valence-electron chi connectivity index (χ2n) is 6.60. The highest BCUT2D eigenvalue weighted by Gasteiger charge is 2.37. The lowest BCUT2D eigenvalue weighted by atomic mass is 10.1. The zero-order valence-corrected chi connectivity index (χ0v) is 16.1. The average molecular weight is 350 g/mol. The maximum Gasteiger partial charge on any atom is 0.337 e. The molecule has 0 amide bonds. The van der Waals surface area contributed by atoms with Crippen molar-refractivity contribution >= 4 is 5.97 Å². The summed E-state index contributed by atoms with van der Waals surface area (Å²) in [5.74, 6) is 5.76. The highest BCUT2D eigenvalue weighted by atomic mass is 16.7. The van der Waals surface area contributed by atoms with Crippen molar-refractivity contribution in [2.45, 2.75) is 90.3 Å². The number of ether oxygens (including phenoxy) is 3. The largest absolute Gasteiger partial charge is 0.456 e. The van der Waals surface area contributed by atoms with E-state index in [1.54, 1.807) is 13.2 Å². The molecule has 0 aromatic rings. The van der Waals surface area contributed by atoms with Gasteiger partial charge in [-0.15, -0.1) is 0 Å². The van der Waals surface area contributed by atoms with Gasteiger partial charge in [-0.05, 0) is 13.3 Å². The lowest BCUT2D eigenvalue weighted by molar-refractivity contribution is -0.140. The Bertz CT molecular complexity index is 458. The van der Waals surface area contributed by atoms with Gasteiger partial charge >= 0.3 is 5.97 Å². The first-order valence-corrected chi connectivity index (χ1v) is 9.70. The summed E-state index contributed by atoms with van der Waals surface area (Å²) in [4.78, 5) is 11.8. The van der Waals surface area contributed by atoms with Crippen LogP contribution in [-0.4, -0.2) is 32.1 Å². The number of cyclic esters (lactones) is 1. The molecule has 1 saturated heterocycles. The summed E-state index contributed by atoms with van der Waals surface area (Å²) < 4.78 is 15.6. The third kappa shape index (κ3) is 9.09. The van der Waals surface area contributed by atoms with Gasteiger partial charge in [-0.2, -0.15) is 0 Å². The molecule has 0 N–H and O–H groups in total. The highest BCUT2D eigenvalue weighted by Crippen LogP contribution is 2.23. The van der Waals surface area contributed by atoms with Crippen LogP contribution < -0.4 is 0 Å². The average Bonchev–Trinajstić information content (AvgIpc) is 2.87. The molecule has 0 saturated carbocycles. The standard InChI is InChI=1S/C21H34O4/c1-4-5-6-7-8-9-10-11-12-13-14-15-16-19-20(24-17-23-3)18(2)25-21(19)22/h16,18,20H,4-13,17H2,1-3H3/b19-16+/t18-,20-/m0/s1. The third-order valence-corrected chi connectivity index (χ3v) is 4.36. The highest BCUT2D eigenvalue weighted by molar-refractivity contribution is 5.92. The molecule has 1 fully saturated rings. The molecular formula is C21H34O4. The van der Waals surface area contributed by atoms with Gasteiger partial charge in [0.25, 0.3) is 0 Å². The summed E-state index contributed by atoms with van der Waals surface area (Å²) in [6, 6.07) is 0.